The van der Waals surface area contributed by atoms with E-state index in [9.17, 15) is 5.11 Å². The predicted octanol–water partition coefficient (Wildman–Crippen LogP) is 2.79. The monoisotopic (exact) mass is 235 g/mol. The molecule has 2 heteroatoms. The van der Waals surface area contributed by atoms with Crippen molar-refractivity contribution >= 4 is 0 Å². The highest BCUT2D eigenvalue weighted by Gasteiger charge is 2.08. The molecule has 0 saturated heterocycles. The first kappa shape index (κ1) is 14.2. The molecule has 1 rings (SSSR count). The standard InChI is InChI=1S/C15H25NO/c1-12(2)9-15(17)11-16-10-13(3)14-7-5-4-6-8-14/h4-8,12-13,15-17H,9-11H2,1-3H3. The zero-order valence-corrected chi connectivity index (χ0v) is 11.2. The zero-order chi connectivity index (χ0) is 12.7. The Morgan fingerprint density at radius 3 is 2.29 bits per heavy atom. The van der Waals surface area contributed by atoms with E-state index in [4.69, 9.17) is 0 Å². The molecule has 2 nitrogen and oxygen atoms in total. The molecule has 0 saturated carbocycles. The van der Waals surface area contributed by atoms with Crippen LogP contribution >= 0.6 is 0 Å². The van der Waals surface area contributed by atoms with Crippen molar-refractivity contribution in [2.24, 2.45) is 5.92 Å². The Morgan fingerprint density at radius 2 is 1.71 bits per heavy atom. The van der Waals surface area contributed by atoms with E-state index in [1.807, 2.05) is 6.07 Å². The van der Waals surface area contributed by atoms with Gasteiger partial charge in [0, 0.05) is 13.1 Å². The van der Waals surface area contributed by atoms with Gasteiger partial charge in [-0.2, -0.15) is 0 Å². The van der Waals surface area contributed by atoms with Gasteiger partial charge in [0.05, 0.1) is 6.10 Å². The summed E-state index contributed by atoms with van der Waals surface area (Å²) in [5.41, 5.74) is 1.35. The van der Waals surface area contributed by atoms with Crippen LogP contribution in [-0.4, -0.2) is 24.3 Å². The van der Waals surface area contributed by atoms with Crippen molar-refractivity contribution in [2.45, 2.75) is 39.2 Å². The number of aliphatic hydroxyl groups is 1. The van der Waals surface area contributed by atoms with Gasteiger partial charge in [-0.05, 0) is 23.8 Å². The molecule has 2 atom stereocenters. The second-order valence-electron chi connectivity index (χ2n) is 5.25. The Kier molecular flexibility index (Phi) is 6.23. The Balaban J connectivity index is 2.23. The van der Waals surface area contributed by atoms with Crippen LogP contribution in [0.1, 0.15) is 38.7 Å². The van der Waals surface area contributed by atoms with Gasteiger partial charge >= 0.3 is 0 Å². The first-order chi connectivity index (χ1) is 8.09. The average Bonchev–Trinajstić information content (AvgIpc) is 2.29. The van der Waals surface area contributed by atoms with Crippen LogP contribution in [0.3, 0.4) is 0 Å². The highest BCUT2D eigenvalue weighted by Crippen LogP contribution is 2.13. The summed E-state index contributed by atoms with van der Waals surface area (Å²) in [6, 6.07) is 10.5. The Bertz CT molecular complexity index is 297. The van der Waals surface area contributed by atoms with Crippen molar-refractivity contribution < 1.29 is 5.11 Å². The fourth-order valence-corrected chi connectivity index (χ4v) is 1.99. The lowest BCUT2D eigenvalue weighted by molar-refractivity contribution is 0.146. The second kappa shape index (κ2) is 7.46. The van der Waals surface area contributed by atoms with Gasteiger partial charge in [-0.3, -0.25) is 0 Å². The predicted molar refractivity (Wildman–Crippen MR) is 73.2 cm³/mol. The van der Waals surface area contributed by atoms with E-state index >= 15 is 0 Å². The minimum atomic E-state index is -0.224. The average molecular weight is 235 g/mol. The molecule has 96 valence electrons. The van der Waals surface area contributed by atoms with Crippen molar-refractivity contribution in [2.75, 3.05) is 13.1 Å². The van der Waals surface area contributed by atoms with Gasteiger partial charge in [-0.25, -0.2) is 0 Å². The minimum Gasteiger partial charge on any atom is -0.392 e. The number of benzene rings is 1. The summed E-state index contributed by atoms with van der Waals surface area (Å²) in [5.74, 6) is 1.04. The molecule has 17 heavy (non-hydrogen) atoms. The van der Waals surface area contributed by atoms with Gasteiger partial charge in [0.25, 0.3) is 0 Å². The molecule has 0 bridgehead atoms. The first-order valence-electron chi connectivity index (χ1n) is 6.53. The van der Waals surface area contributed by atoms with Crippen LogP contribution in [0.15, 0.2) is 30.3 Å². The van der Waals surface area contributed by atoms with Gasteiger partial charge in [0.2, 0.25) is 0 Å². The van der Waals surface area contributed by atoms with E-state index in [-0.39, 0.29) is 6.10 Å². The number of hydrogen-bond acceptors (Lipinski definition) is 2. The summed E-state index contributed by atoms with van der Waals surface area (Å²) >= 11 is 0. The quantitative estimate of drug-likeness (QED) is 0.761. The van der Waals surface area contributed by atoms with Gasteiger partial charge in [-0.15, -0.1) is 0 Å². The fraction of sp³-hybridized carbons (Fsp3) is 0.600. The molecule has 0 aliphatic rings. The highest BCUT2D eigenvalue weighted by molar-refractivity contribution is 5.18. The number of rotatable bonds is 7. The van der Waals surface area contributed by atoms with Crippen LogP contribution in [0.2, 0.25) is 0 Å². The van der Waals surface area contributed by atoms with Crippen LogP contribution in [0.4, 0.5) is 0 Å². The minimum absolute atomic E-state index is 0.224. The lowest BCUT2D eigenvalue weighted by Crippen LogP contribution is -2.30. The summed E-state index contributed by atoms with van der Waals surface area (Å²) in [6.45, 7) is 8.08. The molecular formula is C15H25NO. The second-order valence-corrected chi connectivity index (χ2v) is 5.25. The van der Waals surface area contributed by atoms with E-state index in [0.717, 1.165) is 13.0 Å². The summed E-state index contributed by atoms with van der Waals surface area (Å²) in [7, 11) is 0. The van der Waals surface area contributed by atoms with E-state index in [1.54, 1.807) is 0 Å². The van der Waals surface area contributed by atoms with Crippen LogP contribution in [0.5, 0.6) is 0 Å². The van der Waals surface area contributed by atoms with Crippen LogP contribution < -0.4 is 5.32 Å². The van der Waals surface area contributed by atoms with Gasteiger partial charge in [0.1, 0.15) is 0 Å². The molecule has 1 aromatic carbocycles. The maximum Gasteiger partial charge on any atom is 0.0667 e. The van der Waals surface area contributed by atoms with Crippen molar-refractivity contribution in [1.82, 2.24) is 5.32 Å². The molecule has 2 N–H and O–H groups in total. The third-order valence-electron chi connectivity index (χ3n) is 2.94. The zero-order valence-electron chi connectivity index (χ0n) is 11.2. The number of aliphatic hydroxyl groups excluding tert-OH is 1. The molecular weight excluding hydrogens is 210 g/mol. The summed E-state index contributed by atoms with van der Waals surface area (Å²) in [6.07, 6.45) is 0.644. The fourth-order valence-electron chi connectivity index (χ4n) is 1.99. The van der Waals surface area contributed by atoms with E-state index in [2.05, 4.69) is 50.4 Å². The highest BCUT2D eigenvalue weighted by atomic mass is 16.3. The van der Waals surface area contributed by atoms with Crippen LogP contribution in [-0.2, 0) is 0 Å². The smallest absolute Gasteiger partial charge is 0.0667 e. The molecule has 0 amide bonds. The summed E-state index contributed by atoms with van der Waals surface area (Å²) in [4.78, 5) is 0. The van der Waals surface area contributed by atoms with Crippen molar-refractivity contribution in [3.63, 3.8) is 0 Å². The molecule has 0 fully saturated rings. The first-order valence-corrected chi connectivity index (χ1v) is 6.53. The third-order valence-corrected chi connectivity index (χ3v) is 2.94. The maximum absolute atomic E-state index is 9.74. The van der Waals surface area contributed by atoms with Crippen LogP contribution in [0.25, 0.3) is 0 Å². The summed E-state index contributed by atoms with van der Waals surface area (Å²) < 4.78 is 0. The molecule has 0 aromatic heterocycles. The normalized spacial score (nSPS) is 14.9. The van der Waals surface area contributed by atoms with E-state index in [0.29, 0.717) is 18.4 Å². The van der Waals surface area contributed by atoms with Gasteiger partial charge in [-0.1, -0.05) is 51.1 Å². The van der Waals surface area contributed by atoms with Gasteiger partial charge < -0.3 is 10.4 Å². The lowest BCUT2D eigenvalue weighted by atomic mass is 10.0. The molecule has 0 aliphatic heterocycles. The molecule has 0 heterocycles. The van der Waals surface area contributed by atoms with Crippen molar-refractivity contribution in [1.29, 1.82) is 0 Å². The van der Waals surface area contributed by atoms with Crippen molar-refractivity contribution in [3.05, 3.63) is 35.9 Å². The largest absolute Gasteiger partial charge is 0.392 e. The molecule has 0 aliphatic carbocycles. The third kappa shape index (κ3) is 5.85. The molecule has 0 spiro atoms. The van der Waals surface area contributed by atoms with E-state index < -0.39 is 0 Å². The SMILES string of the molecule is CC(C)CC(O)CNCC(C)c1ccccc1. The van der Waals surface area contributed by atoms with E-state index in [1.165, 1.54) is 5.56 Å². The van der Waals surface area contributed by atoms with Gasteiger partial charge in [0.15, 0.2) is 0 Å². The summed E-state index contributed by atoms with van der Waals surface area (Å²) in [5, 5.41) is 13.1. The molecule has 1 aromatic rings. The Hall–Kier alpha value is -0.860. The Morgan fingerprint density at radius 1 is 1.06 bits per heavy atom. The Labute approximate surface area is 105 Å². The molecule has 2 unspecified atom stereocenters. The number of nitrogens with one attached hydrogen (secondary N) is 1. The van der Waals surface area contributed by atoms with Crippen LogP contribution in [0, 0.1) is 5.92 Å². The van der Waals surface area contributed by atoms with Crippen molar-refractivity contribution in [3.8, 4) is 0 Å². The topological polar surface area (TPSA) is 32.3 Å². The number of hydrogen-bond donors (Lipinski definition) is 2. The maximum atomic E-state index is 9.74. The molecule has 0 radical (unpaired) electrons. The lowest BCUT2D eigenvalue weighted by Gasteiger charge is -2.17.